The summed E-state index contributed by atoms with van der Waals surface area (Å²) in [5, 5.41) is 2.06. The Morgan fingerprint density at radius 1 is 1.62 bits per heavy atom. The van der Waals surface area contributed by atoms with Crippen molar-refractivity contribution in [1.82, 2.24) is 0 Å². The highest BCUT2D eigenvalue weighted by molar-refractivity contribution is 14.0. The summed E-state index contributed by atoms with van der Waals surface area (Å²) in [5.74, 6) is 0.575. The lowest BCUT2D eigenvalue weighted by atomic mass is 10.1. The van der Waals surface area contributed by atoms with E-state index in [1.54, 1.807) is 11.3 Å². The van der Waals surface area contributed by atoms with Crippen molar-refractivity contribution in [1.29, 1.82) is 0 Å². The molecule has 0 fully saturated rings. The van der Waals surface area contributed by atoms with Crippen LogP contribution in [0.4, 0.5) is 0 Å². The summed E-state index contributed by atoms with van der Waals surface area (Å²) >= 11 is 1.73. The third-order valence-electron chi connectivity index (χ3n) is 1.58. The van der Waals surface area contributed by atoms with Gasteiger partial charge in [-0.1, -0.05) is 13.0 Å². The molecule has 0 radical (unpaired) electrons. The Hall–Kier alpha value is -0.300. The molecule has 3 nitrogen and oxygen atoms in total. The Balaban J connectivity index is 0.00000144. The van der Waals surface area contributed by atoms with Crippen LogP contribution >= 0.6 is 35.3 Å². The predicted molar refractivity (Wildman–Crippen MR) is 68.8 cm³/mol. The van der Waals surface area contributed by atoms with E-state index in [2.05, 4.69) is 23.4 Å². The highest BCUT2D eigenvalue weighted by Gasteiger charge is 2.04. The molecule has 0 bridgehead atoms. The first kappa shape index (κ1) is 12.7. The van der Waals surface area contributed by atoms with E-state index in [9.17, 15) is 0 Å². The van der Waals surface area contributed by atoms with Crippen LogP contribution in [-0.4, -0.2) is 12.5 Å². The van der Waals surface area contributed by atoms with Crippen LogP contribution in [0.25, 0.3) is 0 Å². The molecule has 74 valence electrons. The van der Waals surface area contributed by atoms with Crippen LogP contribution in [-0.2, 0) is 0 Å². The Bertz CT molecular complexity index is 254. The second-order valence-corrected chi connectivity index (χ2v) is 3.66. The molecule has 1 aromatic rings. The lowest BCUT2D eigenvalue weighted by Crippen LogP contribution is -2.23. The molecule has 1 heterocycles. The molecule has 0 aromatic carbocycles. The molecule has 0 aliphatic heterocycles. The van der Waals surface area contributed by atoms with Crippen molar-refractivity contribution >= 4 is 41.3 Å². The molecule has 0 saturated heterocycles. The lowest BCUT2D eigenvalue weighted by molar-refractivity contribution is 0.789. The third kappa shape index (κ3) is 4.47. The number of nitrogens with zero attached hydrogens (tertiary/aromatic N) is 1. The molecule has 13 heavy (non-hydrogen) atoms. The quantitative estimate of drug-likeness (QED) is 0.507. The van der Waals surface area contributed by atoms with Crippen LogP contribution in [0.15, 0.2) is 22.5 Å². The van der Waals surface area contributed by atoms with Gasteiger partial charge in [0.15, 0.2) is 5.96 Å². The highest BCUT2D eigenvalue weighted by Crippen LogP contribution is 2.20. The van der Waals surface area contributed by atoms with Gasteiger partial charge in [0.1, 0.15) is 0 Å². The van der Waals surface area contributed by atoms with Crippen molar-refractivity contribution in [3.05, 3.63) is 22.4 Å². The number of halogens is 1. The van der Waals surface area contributed by atoms with Crippen LogP contribution in [0.2, 0.25) is 0 Å². The summed E-state index contributed by atoms with van der Waals surface area (Å²) in [6.45, 7) is 2.78. The fraction of sp³-hybridized carbons (Fsp3) is 0.375. The minimum Gasteiger partial charge on any atom is -0.370 e. The first-order valence-electron chi connectivity index (χ1n) is 3.79. The van der Waals surface area contributed by atoms with E-state index in [1.807, 2.05) is 6.07 Å². The smallest absolute Gasteiger partial charge is 0.185 e. The second-order valence-electron chi connectivity index (χ2n) is 2.68. The molecule has 1 atom stereocenters. The van der Waals surface area contributed by atoms with Gasteiger partial charge < -0.3 is 11.5 Å². The molecule has 1 unspecified atom stereocenters. The van der Waals surface area contributed by atoms with E-state index < -0.39 is 0 Å². The molecule has 4 N–H and O–H groups in total. The monoisotopic (exact) mass is 311 g/mol. The van der Waals surface area contributed by atoms with Crippen molar-refractivity contribution < 1.29 is 0 Å². The number of thiophene rings is 1. The van der Waals surface area contributed by atoms with Gasteiger partial charge in [0.05, 0.1) is 6.54 Å². The Labute approximate surface area is 99.3 Å². The standard InChI is InChI=1S/C8H13N3S.HI/c1-6(5-11-8(9)10)7-3-2-4-12-7;/h2-4,6H,5H2,1H3,(H4,9,10,11);1H. The molecule has 0 spiro atoms. The van der Waals surface area contributed by atoms with Crippen LogP contribution in [0.1, 0.15) is 17.7 Å². The Kier molecular flexibility index (Phi) is 6.06. The highest BCUT2D eigenvalue weighted by atomic mass is 127. The fourth-order valence-corrected chi connectivity index (χ4v) is 1.68. The first-order chi connectivity index (χ1) is 5.70. The van der Waals surface area contributed by atoms with Crippen molar-refractivity contribution in [3.63, 3.8) is 0 Å². The molecule has 0 amide bonds. The summed E-state index contributed by atoms with van der Waals surface area (Å²) in [6.07, 6.45) is 0. The fourth-order valence-electron chi connectivity index (χ4n) is 0.904. The minimum absolute atomic E-state index is 0. The normalized spacial score (nSPS) is 11.5. The predicted octanol–water partition coefficient (Wildman–Crippen LogP) is 1.74. The summed E-state index contributed by atoms with van der Waals surface area (Å²) in [7, 11) is 0. The van der Waals surface area contributed by atoms with Crippen LogP contribution < -0.4 is 11.5 Å². The van der Waals surface area contributed by atoms with E-state index >= 15 is 0 Å². The van der Waals surface area contributed by atoms with Crippen molar-refractivity contribution in [2.45, 2.75) is 12.8 Å². The van der Waals surface area contributed by atoms with Gasteiger partial charge in [-0.25, -0.2) is 0 Å². The Morgan fingerprint density at radius 3 is 2.77 bits per heavy atom. The number of guanidine groups is 1. The SMILES string of the molecule is CC(CN=C(N)N)c1cccs1.I. The summed E-state index contributed by atoms with van der Waals surface area (Å²) < 4.78 is 0. The molecule has 1 rings (SSSR count). The summed E-state index contributed by atoms with van der Waals surface area (Å²) in [6, 6.07) is 4.13. The van der Waals surface area contributed by atoms with Crippen LogP contribution in [0.5, 0.6) is 0 Å². The number of rotatable bonds is 3. The number of nitrogens with two attached hydrogens (primary N) is 2. The molecular formula is C8H14IN3S. The zero-order valence-electron chi connectivity index (χ0n) is 7.43. The number of aliphatic imine (C=N–C) groups is 1. The van der Waals surface area contributed by atoms with Gasteiger partial charge in [-0.3, -0.25) is 4.99 Å². The van der Waals surface area contributed by atoms with E-state index in [-0.39, 0.29) is 29.9 Å². The molecule has 5 heteroatoms. The zero-order valence-corrected chi connectivity index (χ0v) is 10.6. The second kappa shape index (κ2) is 6.20. The van der Waals surface area contributed by atoms with Gasteiger partial charge >= 0.3 is 0 Å². The third-order valence-corrected chi connectivity index (χ3v) is 2.68. The molecule has 0 aliphatic carbocycles. The lowest BCUT2D eigenvalue weighted by Gasteiger charge is -2.04. The van der Waals surface area contributed by atoms with Crippen molar-refractivity contribution in [2.75, 3.05) is 6.54 Å². The maximum atomic E-state index is 5.23. The molecule has 0 saturated carbocycles. The van der Waals surface area contributed by atoms with Gasteiger partial charge in [0.2, 0.25) is 0 Å². The largest absolute Gasteiger partial charge is 0.370 e. The summed E-state index contributed by atoms with van der Waals surface area (Å²) in [5.41, 5.74) is 10.5. The van der Waals surface area contributed by atoms with Crippen LogP contribution in [0.3, 0.4) is 0 Å². The van der Waals surface area contributed by atoms with Gasteiger partial charge in [0, 0.05) is 10.8 Å². The van der Waals surface area contributed by atoms with Crippen molar-refractivity contribution in [2.24, 2.45) is 16.5 Å². The zero-order chi connectivity index (χ0) is 8.97. The van der Waals surface area contributed by atoms with Gasteiger partial charge in [-0.15, -0.1) is 35.3 Å². The van der Waals surface area contributed by atoms with Crippen LogP contribution in [0, 0.1) is 0 Å². The topological polar surface area (TPSA) is 64.4 Å². The van der Waals surface area contributed by atoms with Gasteiger partial charge in [0.25, 0.3) is 0 Å². The summed E-state index contributed by atoms with van der Waals surface area (Å²) in [4.78, 5) is 5.28. The average Bonchev–Trinajstić information content (AvgIpc) is 2.51. The first-order valence-corrected chi connectivity index (χ1v) is 4.67. The Morgan fingerprint density at radius 2 is 2.31 bits per heavy atom. The minimum atomic E-state index is 0. The van der Waals surface area contributed by atoms with E-state index in [1.165, 1.54) is 4.88 Å². The van der Waals surface area contributed by atoms with E-state index in [0.717, 1.165) is 0 Å². The van der Waals surface area contributed by atoms with Crippen molar-refractivity contribution in [3.8, 4) is 0 Å². The molecule has 0 aliphatic rings. The maximum absolute atomic E-state index is 5.23. The maximum Gasteiger partial charge on any atom is 0.185 e. The average molecular weight is 311 g/mol. The van der Waals surface area contributed by atoms with E-state index in [0.29, 0.717) is 12.5 Å². The number of hydrogen-bond acceptors (Lipinski definition) is 2. The van der Waals surface area contributed by atoms with Gasteiger partial charge in [-0.05, 0) is 11.4 Å². The van der Waals surface area contributed by atoms with E-state index in [4.69, 9.17) is 11.5 Å². The number of hydrogen-bond donors (Lipinski definition) is 2. The van der Waals surface area contributed by atoms with Gasteiger partial charge in [-0.2, -0.15) is 0 Å². The molecular weight excluding hydrogens is 297 g/mol. The molecule has 1 aromatic heterocycles.